The fourth-order valence-corrected chi connectivity index (χ4v) is 3.94. The Labute approximate surface area is 192 Å². The number of benzene rings is 2. The minimum Gasteiger partial charge on any atom is -0.496 e. The van der Waals surface area contributed by atoms with Crippen LogP contribution in [0.25, 0.3) is 0 Å². The Hall–Kier alpha value is -2.84. The van der Waals surface area contributed by atoms with Crippen LogP contribution in [0.4, 0.5) is 11.4 Å². The molecule has 0 bridgehead atoms. The second kappa shape index (κ2) is 10.5. The average Bonchev–Trinajstić information content (AvgIpc) is 2.78. The molecule has 0 atom stereocenters. The number of nitrogens with one attached hydrogen (secondary N) is 2. The van der Waals surface area contributed by atoms with Gasteiger partial charge in [-0.25, -0.2) is 0 Å². The Morgan fingerprint density at radius 1 is 1.13 bits per heavy atom. The predicted molar refractivity (Wildman–Crippen MR) is 127 cm³/mol. The SMILES string of the molecule is CCC(=O)N1CCN(c2ccc(NC(=S)NC(=O)c3ccccc3OC)cc2Cl)CC1. The van der Waals surface area contributed by atoms with Gasteiger partial charge in [0.2, 0.25) is 5.91 Å². The summed E-state index contributed by atoms with van der Waals surface area (Å²) >= 11 is 11.8. The zero-order chi connectivity index (χ0) is 22.4. The van der Waals surface area contributed by atoms with Gasteiger partial charge in [-0.05, 0) is 42.5 Å². The second-order valence-corrected chi connectivity index (χ2v) is 7.81. The van der Waals surface area contributed by atoms with Crippen LogP contribution in [-0.4, -0.2) is 55.1 Å². The van der Waals surface area contributed by atoms with Gasteiger partial charge in [0.1, 0.15) is 5.75 Å². The van der Waals surface area contributed by atoms with Crippen molar-refractivity contribution in [3.05, 3.63) is 53.1 Å². The summed E-state index contributed by atoms with van der Waals surface area (Å²) in [6, 6.07) is 12.4. The number of hydrogen-bond acceptors (Lipinski definition) is 5. The van der Waals surface area contributed by atoms with Crippen molar-refractivity contribution in [2.24, 2.45) is 0 Å². The molecule has 1 fully saturated rings. The molecule has 0 unspecified atom stereocenters. The molecule has 9 heteroatoms. The molecule has 1 saturated heterocycles. The maximum absolute atomic E-state index is 12.5. The second-order valence-electron chi connectivity index (χ2n) is 7.00. The lowest BCUT2D eigenvalue weighted by Gasteiger charge is -2.36. The molecule has 1 aliphatic rings. The minimum atomic E-state index is -0.364. The molecule has 0 aromatic heterocycles. The summed E-state index contributed by atoms with van der Waals surface area (Å²) in [5.74, 6) is 0.280. The fraction of sp³-hybridized carbons (Fsp3) is 0.318. The highest BCUT2D eigenvalue weighted by molar-refractivity contribution is 7.80. The third-order valence-corrected chi connectivity index (χ3v) is 5.57. The van der Waals surface area contributed by atoms with E-state index < -0.39 is 0 Å². The Morgan fingerprint density at radius 2 is 1.84 bits per heavy atom. The molecule has 1 heterocycles. The monoisotopic (exact) mass is 460 g/mol. The van der Waals surface area contributed by atoms with E-state index in [9.17, 15) is 9.59 Å². The summed E-state index contributed by atoms with van der Waals surface area (Å²) in [7, 11) is 1.51. The van der Waals surface area contributed by atoms with Crippen LogP contribution in [0.2, 0.25) is 5.02 Å². The third-order valence-electron chi connectivity index (χ3n) is 5.06. The van der Waals surface area contributed by atoms with Gasteiger partial charge in [0.25, 0.3) is 5.91 Å². The van der Waals surface area contributed by atoms with E-state index in [2.05, 4.69) is 15.5 Å². The molecule has 31 heavy (non-hydrogen) atoms. The molecule has 2 aromatic rings. The maximum atomic E-state index is 12.5. The van der Waals surface area contributed by atoms with E-state index in [1.54, 1.807) is 30.3 Å². The number of ether oxygens (including phenoxy) is 1. The molecule has 2 amide bonds. The van der Waals surface area contributed by atoms with Crippen LogP contribution in [0.3, 0.4) is 0 Å². The van der Waals surface area contributed by atoms with Crippen molar-refractivity contribution in [2.75, 3.05) is 43.5 Å². The van der Waals surface area contributed by atoms with Crippen LogP contribution in [-0.2, 0) is 4.79 Å². The van der Waals surface area contributed by atoms with E-state index in [0.717, 1.165) is 18.8 Å². The van der Waals surface area contributed by atoms with E-state index in [0.29, 0.717) is 41.5 Å². The zero-order valence-corrected chi connectivity index (χ0v) is 19.1. The van der Waals surface area contributed by atoms with E-state index in [1.807, 2.05) is 24.0 Å². The number of anilines is 2. The minimum absolute atomic E-state index is 0.159. The number of rotatable bonds is 5. The van der Waals surface area contributed by atoms with Gasteiger partial charge in [-0.1, -0.05) is 30.7 Å². The molecule has 2 N–H and O–H groups in total. The number of methoxy groups -OCH3 is 1. The summed E-state index contributed by atoms with van der Waals surface area (Å²) in [6.45, 7) is 4.70. The first-order valence-electron chi connectivity index (χ1n) is 10.0. The maximum Gasteiger partial charge on any atom is 0.261 e. The van der Waals surface area contributed by atoms with Crippen LogP contribution < -0.4 is 20.3 Å². The van der Waals surface area contributed by atoms with Gasteiger partial charge in [0, 0.05) is 38.3 Å². The molecule has 0 radical (unpaired) electrons. The van der Waals surface area contributed by atoms with Gasteiger partial charge in [0.15, 0.2) is 5.11 Å². The lowest BCUT2D eigenvalue weighted by molar-refractivity contribution is -0.131. The number of thiocarbonyl (C=S) groups is 1. The molecule has 1 aliphatic heterocycles. The largest absolute Gasteiger partial charge is 0.496 e. The van der Waals surface area contributed by atoms with Crippen molar-refractivity contribution in [1.82, 2.24) is 10.2 Å². The summed E-state index contributed by atoms with van der Waals surface area (Å²) in [5.41, 5.74) is 1.96. The quantitative estimate of drug-likeness (QED) is 0.665. The predicted octanol–water partition coefficient (Wildman–Crippen LogP) is 3.53. The molecule has 0 spiro atoms. The fourth-order valence-electron chi connectivity index (χ4n) is 3.43. The van der Waals surface area contributed by atoms with E-state index in [4.69, 9.17) is 28.6 Å². The van der Waals surface area contributed by atoms with Crippen molar-refractivity contribution < 1.29 is 14.3 Å². The van der Waals surface area contributed by atoms with Crippen molar-refractivity contribution in [3.8, 4) is 5.75 Å². The summed E-state index contributed by atoms with van der Waals surface area (Å²) < 4.78 is 5.21. The standard InChI is InChI=1S/C22H25ClN4O3S/c1-3-20(28)27-12-10-26(11-13-27)18-9-8-15(14-17(18)23)24-22(31)25-21(29)16-6-4-5-7-19(16)30-2/h4-9,14H,3,10-13H2,1-2H3,(H2,24,25,29,31). The van der Waals surface area contributed by atoms with Gasteiger partial charge in [-0.15, -0.1) is 0 Å². The van der Waals surface area contributed by atoms with Crippen molar-refractivity contribution >= 4 is 52.1 Å². The normalized spacial score (nSPS) is 13.5. The number of carbonyl (C=O) groups is 2. The molecule has 2 aromatic carbocycles. The third kappa shape index (κ3) is 5.65. The number of piperazine rings is 1. The Balaban J connectivity index is 1.59. The van der Waals surface area contributed by atoms with Gasteiger partial charge in [-0.2, -0.15) is 0 Å². The van der Waals surface area contributed by atoms with Gasteiger partial charge < -0.3 is 19.9 Å². The molecule has 3 rings (SSSR count). The van der Waals surface area contributed by atoms with Crippen molar-refractivity contribution in [3.63, 3.8) is 0 Å². The van der Waals surface area contributed by atoms with Crippen molar-refractivity contribution in [2.45, 2.75) is 13.3 Å². The molecule has 164 valence electrons. The van der Waals surface area contributed by atoms with Crippen LogP contribution in [0.15, 0.2) is 42.5 Å². The molecular weight excluding hydrogens is 436 g/mol. The summed E-state index contributed by atoms with van der Waals surface area (Å²) in [4.78, 5) is 28.4. The highest BCUT2D eigenvalue weighted by Gasteiger charge is 2.21. The number of para-hydroxylation sites is 1. The van der Waals surface area contributed by atoms with Gasteiger partial charge in [-0.3, -0.25) is 14.9 Å². The van der Waals surface area contributed by atoms with Gasteiger partial charge >= 0.3 is 0 Å². The Kier molecular flexibility index (Phi) is 7.70. The Morgan fingerprint density at radius 3 is 2.48 bits per heavy atom. The average molecular weight is 461 g/mol. The summed E-state index contributed by atoms with van der Waals surface area (Å²) in [5, 5.41) is 6.36. The van der Waals surface area contributed by atoms with E-state index in [1.165, 1.54) is 7.11 Å². The highest BCUT2D eigenvalue weighted by atomic mass is 35.5. The van der Waals surface area contributed by atoms with Crippen molar-refractivity contribution in [1.29, 1.82) is 0 Å². The zero-order valence-electron chi connectivity index (χ0n) is 17.5. The van der Waals surface area contributed by atoms with Crippen LogP contribution in [0.1, 0.15) is 23.7 Å². The van der Waals surface area contributed by atoms with Crippen LogP contribution in [0, 0.1) is 0 Å². The van der Waals surface area contributed by atoms with Gasteiger partial charge in [0.05, 0.1) is 23.4 Å². The lowest BCUT2D eigenvalue weighted by Crippen LogP contribution is -2.48. The van der Waals surface area contributed by atoms with Crippen LogP contribution in [0.5, 0.6) is 5.75 Å². The highest BCUT2D eigenvalue weighted by Crippen LogP contribution is 2.29. The Bertz CT molecular complexity index is 977. The lowest BCUT2D eigenvalue weighted by atomic mass is 10.2. The number of halogens is 1. The topological polar surface area (TPSA) is 73.9 Å². The first-order valence-corrected chi connectivity index (χ1v) is 10.8. The first-order chi connectivity index (χ1) is 14.9. The summed E-state index contributed by atoms with van der Waals surface area (Å²) in [6.07, 6.45) is 0.522. The van der Waals surface area contributed by atoms with Crippen LogP contribution >= 0.6 is 23.8 Å². The first kappa shape index (κ1) is 22.8. The number of nitrogens with zero attached hydrogens (tertiary/aromatic N) is 2. The number of carbonyl (C=O) groups excluding carboxylic acids is 2. The number of amides is 2. The molecule has 0 aliphatic carbocycles. The smallest absolute Gasteiger partial charge is 0.261 e. The molecule has 0 saturated carbocycles. The van der Waals surface area contributed by atoms with E-state index >= 15 is 0 Å². The molecule has 7 nitrogen and oxygen atoms in total. The molecular formula is C22H25ClN4O3S. The van der Waals surface area contributed by atoms with E-state index in [-0.39, 0.29) is 16.9 Å². The number of hydrogen-bond donors (Lipinski definition) is 2.